The first-order chi connectivity index (χ1) is 8.81. The molecule has 1 aromatic rings. The van der Waals surface area contributed by atoms with E-state index in [4.69, 9.17) is 5.26 Å². The summed E-state index contributed by atoms with van der Waals surface area (Å²) in [6.45, 7) is 0. The second kappa shape index (κ2) is 6.19. The Bertz CT molecular complexity index is 426. The maximum Gasteiger partial charge on any atom is 0.446 e. The van der Waals surface area contributed by atoms with Crippen molar-refractivity contribution in [3.63, 3.8) is 0 Å². The van der Waals surface area contributed by atoms with Crippen LogP contribution in [0.15, 0.2) is 30.3 Å². The number of hydrogen-bond acceptors (Lipinski definition) is 6. The fraction of sp³-hybridized carbons (Fsp3) is 0.222. The summed E-state index contributed by atoms with van der Waals surface area (Å²) >= 11 is -1.08. The van der Waals surface area contributed by atoms with Gasteiger partial charge in [0.1, 0.15) is 5.75 Å². The lowest BCUT2D eigenvalue weighted by molar-refractivity contribution is -0.433. The molecule has 0 aliphatic rings. The summed E-state index contributed by atoms with van der Waals surface area (Å²) in [6.07, 6.45) is -5.64. The van der Waals surface area contributed by atoms with E-state index < -0.39 is 29.2 Å². The van der Waals surface area contributed by atoms with E-state index in [1.165, 1.54) is 18.2 Å². The smallest absolute Gasteiger partial charge is 0.423 e. The van der Waals surface area contributed by atoms with Crippen LogP contribution in [0, 0.1) is 0 Å². The third-order valence-electron chi connectivity index (χ3n) is 1.76. The topological polar surface area (TPSA) is 65.0 Å². The molecule has 0 fully saturated rings. The molecule has 0 saturated carbocycles. The summed E-state index contributed by atoms with van der Waals surface area (Å²) < 4.78 is 58.6. The molecular weight excluding hydrogens is 296 g/mol. The van der Waals surface area contributed by atoms with E-state index in [2.05, 4.69) is 14.1 Å². The molecule has 5 nitrogen and oxygen atoms in total. The molecule has 1 N–H and O–H groups in total. The number of benzene rings is 1. The van der Waals surface area contributed by atoms with Crippen LogP contribution in [-0.2, 0) is 14.2 Å². The predicted molar refractivity (Wildman–Crippen MR) is 54.4 cm³/mol. The average Bonchev–Trinajstić information content (AvgIpc) is 2.35. The zero-order chi connectivity index (χ0) is 14.5. The normalized spacial score (nSPS) is 14.8. The first kappa shape index (κ1) is 15.7. The number of rotatable bonds is 5. The molecule has 106 valence electrons. The van der Waals surface area contributed by atoms with Crippen molar-refractivity contribution in [2.45, 2.75) is 11.2 Å². The summed E-state index contributed by atoms with van der Waals surface area (Å²) in [6, 6.07) is 6.57. The molecule has 0 heterocycles. The molecule has 0 aromatic heterocycles. The Kier molecular flexibility index (Phi) is 5.11. The highest BCUT2D eigenvalue weighted by Gasteiger charge is 2.66. The van der Waals surface area contributed by atoms with Crippen LogP contribution >= 0.6 is 12.0 Å². The van der Waals surface area contributed by atoms with Crippen molar-refractivity contribution in [2.24, 2.45) is 0 Å². The van der Waals surface area contributed by atoms with Crippen LogP contribution in [0.25, 0.3) is 0 Å². The lowest BCUT2D eigenvalue weighted by atomic mass is 10.3. The summed E-state index contributed by atoms with van der Waals surface area (Å²) in [7, 11) is 0. The number of alkyl halides is 4. The Morgan fingerprint density at radius 3 is 2.21 bits per heavy atom. The zero-order valence-electron chi connectivity index (χ0n) is 8.89. The van der Waals surface area contributed by atoms with Gasteiger partial charge < -0.3 is 4.74 Å². The standard InChI is InChI=1S/C9H6F4O5S/c10-8(9(11,12)13,19-18-17-15)7(14)16-6-4-2-1-3-5-6/h1-5,15H. The molecule has 0 amide bonds. The maximum atomic E-state index is 13.6. The molecule has 10 heteroatoms. The number of para-hydroxylation sites is 1. The van der Waals surface area contributed by atoms with E-state index in [0.29, 0.717) is 0 Å². The number of carbonyl (C=O) groups is 1. The summed E-state index contributed by atoms with van der Waals surface area (Å²) in [5.74, 6) is -2.56. The summed E-state index contributed by atoms with van der Waals surface area (Å²) in [4.78, 5) is 11.2. The van der Waals surface area contributed by atoms with Crippen molar-refractivity contribution >= 4 is 18.0 Å². The molecule has 1 rings (SSSR count). The van der Waals surface area contributed by atoms with Gasteiger partial charge in [0.15, 0.2) is 0 Å². The quantitative estimate of drug-likeness (QED) is 0.225. The number of hydrogen-bond donors (Lipinski definition) is 1. The number of halogens is 4. The SMILES string of the molecule is O=C(Oc1ccccc1)C(F)(SOOO)C(F)(F)F. The van der Waals surface area contributed by atoms with Crippen LogP contribution in [0.1, 0.15) is 0 Å². The van der Waals surface area contributed by atoms with Gasteiger partial charge in [-0.05, 0) is 12.1 Å². The van der Waals surface area contributed by atoms with E-state index in [1.807, 2.05) is 0 Å². The minimum absolute atomic E-state index is 0.288. The van der Waals surface area contributed by atoms with Gasteiger partial charge in [-0.15, -0.1) is 4.33 Å². The largest absolute Gasteiger partial charge is 0.446 e. The highest BCUT2D eigenvalue weighted by molar-refractivity contribution is 7.96. The second-order valence-corrected chi connectivity index (χ2v) is 3.89. The molecule has 0 spiro atoms. The Morgan fingerprint density at radius 2 is 1.74 bits per heavy atom. The molecule has 0 radical (unpaired) electrons. The molecule has 0 saturated heterocycles. The Labute approximate surface area is 108 Å². The van der Waals surface area contributed by atoms with Crippen LogP contribution in [-0.4, -0.2) is 22.4 Å². The molecule has 1 aromatic carbocycles. The average molecular weight is 302 g/mol. The minimum Gasteiger partial charge on any atom is -0.423 e. The van der Waals surface area contributed by atoms with Gasteiger partial charge >= 0.3 is 17.1 Å². The summed E-state index contributed by atoms with van der Waals surface area (Å²) in [5, 5.41) is 6.04. The van der Waals surface area contributed by atoms with Crippen LogP contribution < -0.4 is 4.74 Å². The predicted octanol–water partition coefficient (Wildman–Crippen LogP) is 2.89. The van der Waals surface area contributed by atoms with Crippen LogP contribution in [0.5, 0.6) is 5.75 Å². The van der Waals surface area contributed by atoms with Gasteiger partial charge in [0, 0.05) is 0 Å². The highest BCUT2D eigenvalue weighted by atomic mass is 32.2. The van der Waals surface area contributed by atoms with E-state index in [-0.39, 0.29) is 5.75 Å². The number of esters is 1. The summed E-state index contributed by atoms with van der Waals surface area (Å²) in [5.41, 5.74) is 0. The first-order valence-corrected chi connectivity index (χ1v) is 5.24. The number of ether oxygens (including phenoxy) is 1. The maximum absolute atomic E-state index is 13.6. The van der Waals surface area contributed by atoms with Crippen LogP contribution in [0.4, 0.5) is 17.6 Å². The van der Waals surface area contributed by atoms with Crippen LogP contribution in [0.2, 0.25) is 0 Å². The molecule has 1 unspecified atom stereocenters. The van der Waals surface area contributed by atoms with E-state index in [9.17, 15) is 22.4 Å². The van der Waals surface area contributed by atoms with Gasteiger partial charge in [-0.3, -0.25) is 0 Å². The highest BCUT2D eigenvalue weighted by Crippen LogP contribution is 2.44. The molecule has 1 atom stereocenters. The molecule has 0 aliphatic heterocycles. The van der Waals surface area contributed by atoms with E-state index in [1.54, 1.807) is 0 Å². The van der Waals surface area contributed by atoms with Crippen molar-refractivity contribution in [3.8, 4) is 5.75 Å². The van der Waals surface area contributed by atoms with Gasteiger partial charge in [0.05, 0.1) is 12.0 Å². The third kappa shape index (κ3) is 3.80. The van der Waals surface area contributed by atoms with Gasteiger partial charge in [0.2, 0.25) is 0 Å². The van der Waals surface area contributed by atoms with E-state index in [0.717, 1.165) is 12.1 Å². The Balaban J connectivity index is 2.89. The van der Waals surface area contributed by atoms with Crippen molar-refractivity contribution in [2.75, 3.05) is 0 Å². The second-order valence-electron chi connectivity index (χ2n) is 3.02. The van der Waals surface area contributed by atoms with Crippen molar-refractivity contribution < 1.29 is 41.7 Å². The van der Waals surface area contributed by atoms with Gasteiger partial charge in [-0.2, -0.15) is 13.2 Å². The third-order valence-corrected chi connectivity index (χ3v) is 2.52. The molecule has 19 heavy (non-hydrogen) atoms. The lowest BCUT2D eigenvalue weighted by Crippen LogP contribution is -2.47. The monoisotopic (exact) mass is 302 g/mol. The van der Waals surface area contributed by atoms with Gasteiger partial charge in [0.25, 0.3) is 0 Å². The first-order valence-electron chi connectivity index (χ1n) is 4.50. The minimum atomic E-state index is -5.64. The Morgan fingerprint density at radius 1 is 1.16 bits per heavy atom. The van der Waals surface area contributed by atoms with Gasteiger partial charge in [-0.25, -0.2) is 14.4 Å². The molecular formula is C9H6F4O5S. The molecule has 0 bridgehead atoms. The van der Waals surface area contributed by atoms with Gasteiger partial charge in [-0.1, -0.05) is 23.2 Å². The van der Waals surface area contributed by atoms with Crippen LogP contribution in [0.3, 0.4) is 0 Å². The fourth-order valence-electron chi connectivity index (χ4n) is 0.920. The number of carbonyl (C=O) groups excluding carboxylic acids is 1. The fourth-order valence-corrected chi connectivity index (χ4v) is 1.25. The zero-order valence-corrected chi connectivity index (χ0v) is 9.70. The van der Waals surface area contributed by atoms with Crippen molar-refractivity contribution in [1.82, 2.24) is 0 Å². The molecule has 0 aliphatic carbocycles. The van der Waals surface area contributed by atoms with Crippen molar-refractivity contribution in [3.05, 3.63) is 30.3 Å². The Hall–Kier alpha value is -1.36. The van der Waals surface area contributed by atoms with Crippen molar-refractivity contribution in [1.29, 1.82) is 0 Å². The lowest BCUT2D eigenvalue weighted by Gasteiger charge is -2.22. The van der Waals surface area contributed by atoms with E-state index >= 15 is 0 Å².